The number of aromatic nitrogens is 2. The SMILES string of the molecule is N#Cc1cn(C2CO2)c2cnccc12. The Morgan fingerprint density at radius 3 is 3.21 bits per heavy atom. The van der Waals surface area contributed by atoms with Gasteiger partial charge in [-0.1, -0.05) is 0 Å². The Bertz CT molecular complexity index is 534. The highest BCUT2D eigenvalue weighted by atomic mass is 16.6. The van der Waals surface area contributed by atoms with Crippen molar-refractivity contribution in [3.63, 3.8) is 0 Å². The van der Waals surface area contributed by atoms with E-state index in [0.717, 1.165) is 17.5 Å². The second kappa shape index (κ2) is 2.56. The summed E-state index contributed by atoms with van der Waals surface area (Å²) in [6.07, 6.45) is 5.38. The fourth-order valence-electron chi connectivity index (χ4n) is 1.63. The van der Waals surface area contributed by atoms with Gasteiger partial charge in [-0.3, -0.25) is 4.98 Å². The topological polar surface area (TPSA) is 54.1 Å². The van der Waals surface area contributed by atoms with E-state index in [4.69, 9.17) is 10.00 Å². The molecule has 14 heavy (non-hydrogen) atoms. The Morgan fingerprint density at radius 1 is 1.64 bits per heavy atom. The first-order valence-corrected chi connectivity index (χ1v) is 4.36. The van der Waals surface area contributed by atoms with Crippen LogP contribution in [0.1, 0.15) is 11.8 Å². The van der Waals surface area contributed by atoms with E-state index in [1.54, 1.807) is 12.4 Å². The van der Waals surface area contributed by atoms with Crippen LogP contribution in [-0.2, 0) is 4.74 Å². The van der Waals surface area contributed by atoms with Crippen LogP contribution < -0.4 is 0 Å². The fraction of sp³-hybridized carbons (Fsp3) is 0.200. The summed E-state index contributed by atoms with van der Waals surface area (Å²) in [6.45, 7) is 0.726. The maximum absolute atomic E-state index is 8.93. The van der Waals surface area contributed by atoms with Gasteiger partial charge >= 0.3 is 0 Å². The second-order valence-electron chi connectivity index (χ2n) is 3.24. The van der Waals surface area contributed by atoms with Crippen LogP contribution in [0.15, 0.2) is 24.7 Å². The lowest BCUT2D eigenvalue weighted by Gasteiger charge is -1.97. The predicted octanol–water partition coefficient (Wildman–Crippen LogP) is 1.44. The Balaban J connectivity index is 2.35. The van der Waals surface area contributed by atoms with Gasteiger partial charge in [-0.2, -0.15) is 5.26 Å². The molecule has 2 aromatic rings. The van der Waals surface area contributed by atoms with Crippen LogP contribution in [0.3, 0.4) is 0 Å². The van der Waals surface area contributed by atoms with Gasteiger partial charge in [-0.25, -0.2) is 0 Å². The lowest BCUT2D eigenvalue weighted by molar-refractivity contribution is 0.359. The number of nitriles is 1. The third-order valence-electron chi connectivity index (χ3n) is 2.38. The highest BCUT2D eigenvalue weighted by Crippen LogP contribution is 2.30. The zero-order valence-electron chi connectivity index (χ0n) is 7.34. The summed E-state index contributed by atoms with van der Waals surface area (Å²) in [6, 6.07) is 4.02. The highest BCUT2D eigenvalue weighted by molar-refractivity contribution is 5.85. The van der Waals surface area contributed by atoms with Crippen LogP contribution >= 0.6 is 0 Å². The van der Waals surface area contributed by atoms with E-state index in [-0.39, 0.29) is 6.23 Å². The molecule has 0 spiro atoms. The quantitative estimate of drug-likeness (QED) is 0.631. The summed E-state index contributed by atoms with van der Waals surface area (Å²) >= 11 is 0. The number of ether oxygens (including phenoxy) is 1. The monoisotopic (exact) mass is 185 g/mol. The lowest BCUT2D eigenvalue weighted by atomic mass is 10.2. The van der Waals surface area contributed by atoms with Gasteiger partial charge in [-0.05, 0) is 6.07 Å². The number of nitrogens with zero attached hydrogens (tertiary/aromatic N) is 3. The molecular formula is C10H7N3O. The van der Waals surface area contributed by atoms with E-state index < -0.39 is 0 Å². The van der Waals surface area contributed by atoms with Crippen LogP contribution in [0.4, 0.5) is 0 Å². The molecule has 4 heteroatoms. The van der Waals surface area contributed by atoms with E-state index in [1.165, 1.54) is 0 Å². The normalized spacial score (nSPS) is 19.5. The summed E-state index contributed by atoms with van der Waals surface area (Å²) in [5, 5.41) is 9.87. The fourth-order valence-corrected chi connectivity index (χ4v) is 1.63. The smallest absolute Gasteiger partial charge is 0.157 e. The van der Waals surface area contributed by atoms with Gasteiger partial charge in [0.2, 0.25) is 0 Å². The van der Waals surface area contributed by atoms with E-state index in [1.807, 2.05) is 16.8 Å². The molecule has 1 aliphatic heterocycles. The van der Waals surface area contributed by atoms with E-state index in [9.17, 15) is 0 Å². The van der Waals surface area contributed by atoms with Crippen LogP contribution in [0.25, 0.3) is 10.9 Å². The molecule has 1 fully saturated rings. The molecule has 0 aromatic carbocycles. The first-order valence-electron chi connectivity index (χ1n) is 4.36. The number of hydrogen-bond acceptors (Lipinski definition) is 3. The van der Waals surface area contributed by atoms with Crippen LogP contribution in [0.5, 0.6) is 0 Å². The minimum absolute atomic E-state index is 0.101. The second-order valence-corrected chi connectivity index (χ2v) is 3.24. The molecule has 1 aliphatic rings. The van der Waals surface area contributed by atoms with Gasteiger partial charge in [0.1, 0.15) is 6.07 Å². The standard InChI is InChI=1S/C10H7N3O/c11-3-7-5-13(10-6-14-10)9-4-12-2-1-8(7)9/h1-2,4-5,10H,6H2. The first-order chi connectivity index (χ1) is 6.90. The minimum Gasteiger partial charge on any atom is -0.351 e. The van der Waals surface area contributed by atoms with Crippen LogP contribution in [0, 0.1) is 11.3 Å². The molecule has 3 rings (SSSR count). The Hall–Kier alpha value is -1.86. The Kier molecular flexibility index (Phi) is 1.38. The summed E-state index contributed by atoms with van der Waals surface area (Å²) < 4.78 is 7.15. The summed E-state index contributed by atoms with van der Waals surface area (Å²) in [7, 11) is 0. The van der Waals surface area contributed by atoms with Crippen molar-refractivity contribution in [3.8, 4) is 6.07 Å². The molecule has 0 saturated carbocycles. The van der Waals surface area contributed by atoms with Crippen molar-refractivity contribution >= 4 is 10.9 Å². The number of hydrogen-bond donors (Lipinski definition) is 0. The lowest BCUT2D eigenvalue weighted by Crippen LogP contribution is -1.91. The zero-order chi connectivity index (χ0) is 9.54. The van der Waals surface area contributed by atoms with Crippen LogP contribution in [0.2, 0.25) is 0 Å². The van der Waals surface area contributed by atoms with Gasteiger partial charge in [0.25, 0.3) is 0 Å². The van der Waals surface area contributed by atoms with Crippen LogP contribution in [-0.4, -0.2) is 16.2 Å². The maximum atomic E-state index is 8.93. The molecule has 1 saturated heterocycles. The van der Waals surface area contributed by atoms with Gasteiger partial charge in [0.15, 0.2) is 6.23 Å². The van der Waals surface area contributed by atoms with Crippen molar-refractivity contribution in [1.82, 2.24) is 9.55 Å². The Morgan fingerprint density at radius 2 is 2.50 bits per heavy atom. The highest BCUT2D eigenvalue weighted by Gasteiger charge is 2.26. The molecule has 3 heterocycles. The van der Waals surface area contributed by atoms with Gasteiger partial charge in [-0.15, -0.1) is 0 Å². The van der Waals surface area contributed by atoms with Crippen molar-refractivity contribution in [1.29, 1.82) is 5.26 Å². The number of epoxide rings is 1. The molecule has 0 N–H and O–H groups in total. The average molecular weight is 185 g/mol. The minimum atomic E-state index is 0.101. The Labute approximate surface area is 80.3 Å². The predicted molar refractivity (Wildman–Crippen MR) is 49.4 cm³/mol. The maximum Gasteiger partial charge on any atom is 0.157 e. The molecule has 0 aliphatic carbocycles. The molecule has 1 atom stereocenters. The van der Waals surface area contributed by atoms with E-state index in [2.05, 4.69) is 11.1 Å². The summed E-state index contributed by atoms with van der Waals surface area (Å²) in [5.74, 6) is 0. The molecule has 2 aromatic heterocycles. The molecule has 1 unspecified atom stereocenters. The third-order valence-corrected chi connectivity index (χ3v) is 2.38. The molecule has 68 valence electrons. The number of pyridine rings is 1. The number of fused-ring (bicyclic) bond motifs is 1. The summed E-state index contributed by atoms with van der Waals surface area (Å²) in [4.78, 5) is 4.05. The largest absolute Gasteiger partial charge is 0.351 e. The van der Waals surface area contributed by atoms with Gasteiger partial charge in [0.05, 0.1) is 23.9 Å². The molecular weight excluding hydrogens is 178 g/mol. The van der Waals surface area contributed by atoms with E-state index >= 15 is 0 Å². The zero-order valence-corrected chi connectivity index (χ0v) is 7.34. The number of rotatable bonds is 1. The van der Waals surface area contributed by atoms with Crippen molar-refractivity contribution < 1.29 is 4.74 Å². The summed E-state index contributed by atoms with van der Waals surface area (Å²) in [5.41, 5.74) is 1.64. The van der Waals surface area contributed by atoms with Crippen molar-refractivity contribution in [2.45, 2.75) is 6.23 Å². The van der Waals surface area contributed by atoms with Gasteiger partial charge < -0.3 is 9.30 Å². The van der Waals surface area contributed by atoms with Crippen molar-refractivity contribution in [3.05, 3.63) is 30.2 Å². The van der Waals surface area contributed by atoms with E-state index in [0.29, 0.717) is 5.56 Å². The van der Waals surface area contributed by atoms with Crippen molar-refractivity contribution in [2.75, 3.05) is 6.61 Å². The molecule has 0 radical (unpaired) electrons. The average Bonchev–Trinajstić information content (AvgIpc) is 3.00. The van der Waals surface area contributed by atoms with Crippen molar-refractivity contribution in [2.24, 2.45) is 0 Å². The first kappa shape index (κ1) is 7.54. The van der Waals surface area contributed by atoms with Gasteiger partial charge in [0, 0.05) is 17.8 Å². The third kappa shape index (κ3) is 0.932. The molecule has 4 nitrogen and oxygen atoms in total. The molecule has 0 bridgehead atoms. The molecule has 0 amide bonds.